The Labute approximate surface area is 66.1 Å². The maximum absolute atomic E-state index is 2.56. The molecule has 38 valence electrons. The summed E-state index contributed by atoms with van der Waals surface area (Å²) in [5.41, 5.74) is 0.964. The van der Waals surface area contributed by atoms with Gasteiger partial charge in [-0.15, -0.1) is 43.6 Å². The molecule has 0 fully saturated rings. The Morgan fingerprint density at radius 2 is 1.50 bits per heavy atom. The molecule has 0 radical (unpaired) electrons. The molecule has 0 aromatic rings. The Bertz CT molecular complexity index is 29.8. The lowest BCUT2D eigenvalue weighted by molar-refractivity contribution is 1.07. The molecule has 3 heteroatoms. The summed E-state index contributed by atoms with van der Waals surface area (Å²) in [4.78, 5) is 0. The first-order valence-electron chi connectivity index (χ1n) is 1.92. The largest absolute Gasteiger partial charge is 0.179 e. The van der Waals surface area contributed by atoms with Crippen LogP contribution in [-0.2, 0) is 0 Å². The van der Waals surface area contributed by atoms with Crippen molar-refractivity contribution in [2.45, 2.75) is 19.4 Å². The first-order chi connectivity index (χ1) is 2.64. The van der Waals surface area contributed by atoms with Gasteiger partial charge in [0.15, 0.2) is 3.79 Å². The third-order valence-electron chi connectivity index (χ3n) is 0.504. The summed E-state index contributed by atoms with van der Waals surface area (Å²) in [6, 6.07) is 0. The number of rotatable bonds is 1. The van der Waals surface area contributed by atoms with Crippen LogP contribution < -0.4 is 0 Å². The summed E-state index contributed by atoms with van der Waals surface area (Å²) in [5, 5.41) is 0. The van der Waals surface area contributed by atoms with E-state index in [4.69, 9.17) is 0 Å². The Morgan fingerprint density at radius 1 is 1.33 bits per heavy atom. The van der Waals surface area contributed by atoms with Crippen molar-refractivity contribution in [2.24, 2.45) is 0 Å². The summed E-state index contributed by atoms with van der Waals surface area (Å²) in [6.07, 6.45) is 0. The van der Waals surface area contributed by atoms with Gasteiger partial charge in [0, 0.05) is 0 Å². The van der Waals surface area contributed by atoms with E-state index in [1.807, 2.05) is 0 Å². The van der Waals surface area contributed by atoms with Gasteiger partial charge in [-0.05, 0) is 5.54 Å². The summed E-state index contributed by atoms with van der Waals surface area (Å²) in [5.74, 6) is 0. The smallest absolute Gasteiger partial charge is 0.109 e. The van der Waals surface area contributed by atoms with Crippen molar-refractivity contribution >= 4 is 47.4 Å². The van der Waals surface area contributed by atoms with E-state index < -0.39 is 0 Å². The van der Waals surface area contributed by atoms with Crippen LogP contribution in [0.15, 0.2) is 0 Å². The molecule has 0 atom stereocenters. The maximum Gasteiger partial charge on any atom is 0.179 e. The Kier molecular flexibility index (Phi) is 4.67. The van der Waals surface area contributed by atoms with Gasteiger partial charge in [0.1, 0.15) is 0 Å². The van der Waals surface area contributed by atoms with E-state index in [9.17, 15) is 0 Å². The highest BCUT2D eigenvalue weighted by Gasteiger charge is 2.03. The van der Waals surface area contributed by atoms with E-state index >= 15 is 0 Å². The first-order valence-corrected chi connectivity index (χ1v) is 10.9. The quantitative estimate of drug-likeness (QED) is 0.395. The van der Waals surface area contributed by atoms with E-state index in [0.717, 1.165) is 5.54 Å². The highest BCUT2D eigenvalue weighted by atomic mass is 127. The van der Waals surface area contributed by atoms with Crippen LogP contribution >= 0.6 is 43.6 Å². The van der Waals surface area contributed by atoms with Crippen LogP contribution in [0.4, 0.5) is 0 Å². The Balaban J connectivity index is 2.99. The molecule has 0 spiro atoms. The number of halogens is 2. The van der Waals surface area contributed by atoms with Gasteiger partial charge in [-0.3, -0.25) is 0 Å². The van der Waals surface area contributed by atoms with E-state index in [1.165, 1.54) is 0 Å². The molecule has 0 unspecified atom stereocenters. The van der Waals surface area contributed by atoms with Crippen LogP contribution in [-0.4, -0.2) is 3.79 Å². The third kappa shape index (κ3) is 3.85. The van der Waals surface area contributed by atoms with E-state index in [0.29, 0.717) is 0 Å². The minimum atomic E-state index is -0.304. The molecule has 0 aliphatic heterocycles. The second-order valence-electron chi connectivity index (χ2n) is 1.58. The van der Waals surface area contributed by atoms with Crippen LogP contribution in [0, 0.1) is 0 Å². The van der Waals surface area contributed by atoms with Crippen molar-refractivity contribution in [3.05, 3.63) is 0 Å². The average Bonchev–Trinajstić information content (AvgIpc) is 1.36. The number of hydrogen-bond acceptors (Lipinski definition) is 0. The molecule has 0 nitrogen and oxygen atoms in total. The van der Waals surface area contributed by atoms with Gasteiger partial charge in [-0.1, -0.05) is 13.8 Å². The molecule has 0 N–H and O–H groups in total. The van der Waals surface area contributed by atoms with E-state index in [2.05, 4.69) is 57.4 Å². The van der Waals surface area contributed by atoms with Crippen LogP contribution in [0.5, 0.6) is 0 Å². The van der Waals surface area contributed by atoms with Gasteiger partial charge in [0.05, 0.1) is 0 Å². The minimum Gasteiger partial charge on any atom is -0.109 e. The SMILES string of the molecule is CC(C)[SiH](I)I. The van der Waals surface area contributed by atoms with Gasteiger partial charge in [0.2, 0.25) is 0 Å². The van der Waals surface area contributed by atoms with Gasteiger partial charge in [-0.2, -0.15) is 0 Å². The molecule has 0 saturated carbocycles. The van der Waals surface area contributed by atoms with Crippen molar-refractivity contribution in [2.75, 3.05) is 0 Å². The fraction of sp³-hybridized carbons (Fsp3) is 1.00. The normalized spacial score (nSPS) is 11.0. The molecule has 0 aliphatic carbocycles. The van der Waals surface area contributed by atoms with Gasteiger partial charge in [-0.25, -0.2) is 0 Å². The van der Waals surface area contributed by atoms with Crippen molar-refractivity contribution in [3.63, 3.8) is 0 Å². The molecule has 0 bridgehead atoms. The fourth-order valence-electron chi connectivity index (χ4n) is 0. The second-order valence-corrected chi connectivity index (χ2v) is 18.8. The predicted molar refractivity (Wildman–Crippen MR) is 50.3 cm³/mol. The zero-order chi connectivity index (χ0) is 5.15. The summed E-state index contributed by atoms with van der Waals surface area (Å²) in [6.45, 7) is 4.57. The van der Waals surface area contributed by atoms with Crippen LogP contribution in [0.1, 0.15) is 13.8 Å². The fourth-order valence-corrected chi connectivity index (χ4v) is 0. The highest BCUT2D eigenvalue weighted by molar-refractivity contribution is 14.3. The number of hydrogen-bond donors (Lipinski definition) is 0. The molecule has 0 heterocycles. The van der Waals surface area contributed by atoms with E-state index in [-0.39, 0.29) is 3.79 Å². The van der Waals surface area contributed by atoms with Crippen LogP contribution in [0.25, 0.3) is 0 Å². The summed E-state index contributed by atoms with van der Waals surface area (Å²) < 4.78 is -0.304. The molecule has 0 saturated heterocycles. The molecular weight excluding hydrogens is 318 g/mol. The first kappa shape index (κ1) is 7.68. The van der Waals surface area contributed by atoms with E-state index in [1.54, 1.807) is 0 Å². The van der Waals surface area contributed by atoms with Gasteiger partial charge < -0.3 is 0 Å². The molecule has 6 heavy (non-hydrogen) atoms. The monoisotopic (exact) mass is 326 g/mol. The molecule has 0 aromatic heterocycles. The Morgan fingerprint density at radius 3 is 1.50 bits per heavy atom. The Hall–Kier alpha value is 1.68. The topological polar surface area (TPSA) is 0 Å². The maximum atomic E-state index is 2.56. The van der Waals surface area contributed by atoms with Crippen molar-refractivity contribution in [1.82, 2.24) is 0 Å². The van der Waals surface area contributed by atoms with Crippen LogP contribution in [0.2, 0.25) is 5.54 Å². The van der Waals surface area contributed by atoms with Crippen LogP contribution in [0.3, 0.4) is 0 Å². The molecule has 0 amide bonds. The average molecular weight is 326 g/mol. The lowest BCUT2D eigenvalue weighted by Gasteiger charge is -1.98. The second kappa shape index (κ2) is 3.65. The standard InChI is InChI=1S/C3H8I2Si/c1-3(2)6(4)5/h3,6H,1-2H3. The lowest BCUT2D eigenvalue weighted by atomic mass is 10.6. The molecule has 0 rings (SSSR count). The molecule has 0 aliphatic rings. The molecule has 0 aromatic carbocycles. The highest BCUT2D eigenvalue weighted by Crippen LogP contribution is 2.18. The van der Waals surface area contributed by atoms with Crippen molar-refractivity contribution in [1.29, 1.82) is 0 Å². The lowest BCUT2D eigenvalue weighted by Crippen LogP contribution is -1.93. The summed E-state index contributed by atoms with van der Waals surface area (Å²) in [7, 11) is 0. The zero-order valence-corrected chi connectivity index (χ0v) is 9.38. The van der Waals surface area contributed by atoms with Gasteiger partial charge in [0.25, 0.3) is 0 Å². The summed E-state index contributed by atoms with van der Waals surface area (Å²) >= 11 is 5.12. The van der Waals surface area contributed by atoms with Crippen molar-refractivity contribution < 1.29 is 0 Å². The van der Waals surface area contributed by atoms with Crippen molar-refractivity contribution in [3.8, 4) is 0 Å². The predicted octanol–water partition coefficient (Wildman–Crippen LogP) is 2.49. The third-order valence-corrected chi connectivity index (χ3v) is 10.1. The minimum absolute atomic E-state index is 0.304. The molecular formula is C3H8I2Si. The van der Waals surface area contributed by atoms with Gasteiger partial charge >= 0.3 is 0 Å². The zero-order valence-electron chi connectivity index (χ0n) is 3.91.